The van der Waals surface area contributed by atoms with Crippen molar-refractivity contribution in [2.75, 3.05) is 0 Å². The number of rotatable bonds is 5. The average Bonchev–Trinajstić information content (AvgIpc) is 2.34. The highest BCUT2D eigenvalue weighted by atomic mass is 127. The van der Waals surface area contributed by atoms with E-state index in [0.717, 1.165) is 0 Å². The number of amides is 1. The maximum atomic E-state index is 13.0. The highest BCUT2D eigenvalue weighted by Gasteiger charge is 2.26. The third-order valence-corrected chi connectivity index (χ3v) is 3.83. The minimum Gasteiger partial charge on any atom is -0.480 e. The first kappa shape index (κ1) is 15.9. The summed E-state index contributed by atoms with van der Waals surface area (Å²) in [6, 6.07) is 2.81. The second-order valence-electron chi connectivity index (χ2n) is 4.30. The molecule has 0 aromatic heterocycles. The molecular weight excluding hydrogens is 364 g/mol. The number of halogens is 2. The van der Waals surface area contributed by atoms with E-state index in [2.05, 4.69) is 5.32 Å². The molecular formula is C13H15FINO3. The van der Waals surface area contributed by atoms with Gasteiger partial charge in [-0.05, 0) is 46.7 Å². The molecule has 4 nitrogen and oxygen atoms in total. The van der Waals surface area contributed by atoms with Gasteiger partial charge in [0.1, 0.15) is 11.9 Å². The third kappa shape index (κ3) is 4.15. The highest BCUT2D eigenvalue weighted by Crippen LogP contribution is 2.15. The van der Waals surface area contributed by atoms with Gasteiger partial charge in [-0.25, -0.2) is 9.18 Å². The monoisotopic (exact) mass is 379 g/mol. The Balaban J connectivity index is 2.91. The van der Waals surface area contributed by atoms with Crippen LogP contribution in [0.5, 0.6) is 0 Å². The number of nitrogens with one attached hydrogen (secondary N) is 1. The van der Waals surface area contributed by atoms with Crippen molar-refractivity contribution >= 4 is 34.5 Å². The number of carboxylic acid groups (broad SMARTS) is 1. The second-order valence-corrected chi connectivity index (χ2v) is 5.46. The zero-order valence-electron chi connectivity index (χ0n) is 10.6. The fourth-order valence-corrected chi connectivity index (χ4v) is 2.30. The first-order valence-corrected chi connectivity index (χ1v) is 6.93. The molecule has 0 aliphatic carbocycles. The van der Waals surface area contributed by atoms with Crippen LogP contribution in [0, 0.1) is 15.3 Å². The molecule has 1 rings (SSSR count). The Morgan fingerprint density at radius 2 is 2.11 bits per heavy atom. The van der Waals surface area contributed by atoms with Crippen LogP contribution in [0.4, 0.5) is 4.39 Å². The molecule has 2 atom stereocenters. The van der Waals surface area contributed by atoms with Crippen molar-refractivity contribution in [1.29, 1.82) is 0 Å². The molecule has 0 radical (unpaired) electrons. The van der Waals surface area contributed by atoms with Gasteiger partial charge in [0, 0.05) is 3.57 Å². The number of carbonyl (C=O) groups excluding carboxylic acids is 1. The molecule has 6 heteroatoms. The molecule has 104 valence electrons. The Hall–Kier alpha value is -1.18. The van der Waals surface area contributed by atoms with Gasteiger partial charge in [-0.2, -0.15) is 0 Å². The van der Waals surface area contributed by atoms with E-state index in [1.165, 1.54) is 18.2 Å². The number of carboxylic acids is 1. The van der Waals surface area contributed by atoms with Crippen LogP contribution in [0.3, 0.4) is 0 Å². The van der Waals surface area contributed by atoms with Crippen molar-refractivity contribution in [1.82, 2.24) is 5.32 Å². The van der Waals surface area contributed by atoms with E-state index in [4.69, 9.17) is 5.11 Å². The summed E-state index contributed by atoms with van der Waals surface area (Å²) in [6.07, 6.45) is 0.637. The van der Waals surface area contributed by atoms with Gasteiger partial charge in [0.15, 0.2) is 0 Å². The second kappa shape index (κ2) is 6.83. The summed E-state index contributed by atoms with van der Waals surface area (Å²) in [5, 5.41) is 11.6. The van der Waals surface area contributed by atoms with E-state index in [1.54, 1.807) is 6.92 Å². The van der Waals surface area contributed by atoms with Crippen molar-refractivity contribution in [3.63, 3.8) is 0 Å². The Morgan fingerprint density at radius 3 is 2.58 bits per heavy atom. The number of aliphatic carboxylic acids is 1. The summed E-state index contributed by atoms with van der Waals surface area (Å²) in [7, 11) is 0. The highest BCUT2D eigenvalue weighted by molar-refractivity contribution is 14.1. The van der Waals surface area contributed by atoms with Crippen LogP contribution >= 0.6 is 22.6 Å². The molecule has 1 aromatic carbocycles. The van der Waals surface area contributed by atoms with Crippen LogP contribution in [-0.4, -0.2) is 23.0 Å². The van der Waals surface area contributed by atoms with Crippen LogP contribution in [0.25, 0.3) is 0 Å². The Kier molecular flexibility index (Phi) is 5.71. The Bertz CT molecular complexity index is 493. The summed E-state index contributed by atoms with van der Waals surface area (Å²) in [6.45, 7) is 3.61. The molecule has 2 N–H and O–H groups in total. The summed E-state index contributed by atoms with van der Waals surface area (Å²) in [5.41, 5.74) is 0.275. The molecule has 0 saturated carbocycles. The van der Waals surface area contributed by atoms with Gasteiger partial charge in [0.25, 0.3) is 5.91 Å². The zero-order chi connectivity index (χ0) is 14.6. The first-order valence-electron chi connectivity index (χ1n) is 5.85. The topological polar surface area (TPSA) is 66.4 Å². The molecule has 1 aromatic rings. The maximum absolute atomic E-state index is 13.0. The largest absolute Gasteiger partial charge is 0.480 e. The summed E-state index contributed by atoms with van der Waals surface area (Å²) < 4.78 is 13.4. The quantitative estimate of drug-likeness (QED) is 0.774. The fourth-order valence-electron chi connectivity index (χ4n) is 1.58. The lowest BCUT2D eigenvalue weighted by Crippen LogP contribution is -2.45. The summed E-state index contributed by atoms with van der Waals surface area (Å²) in [4.78, 5) is 23.1. The van der Waals surface area contributed by atoms with E-state index in [-0.39, 0.29) is 11.5 Å². The lowest BCUT2D eigenvalue weighted by molar-refractivity contribution is -0.140. The number of carbonyl (C=O) groups is 2. The Morgan fingerprint density at radius 1 is 1.47 bits per heavy atom. The van der Waals surface area contributed by atoms with Crippen LogP contribution < -0.4 is 5.32 Å². The van der Waals surface area contributed by atoms with Crippen LogP contribution in [0.15, 0.2) is 18.2 Å². The van der Waals surface area contributed by atoms with Crippen LogP contribution in [0.2, 0.25) is 0 Å². The third-order valence-electron chi connectivity index (χ3n) is 2.94. The van der Waals surface area contributed by atoms with Gasteiger partial charge in [-0.15, -0.1) is 0 Å². The van der Waals surface area contributed by atoms with Crippen molar-refractivity contribution in [3.05, 3.63) is 33.1 Å². The number of benzene rings is 1. The van der Waals surface area contributed by atoms with E-state index in [1.807, 2.05) is 29.5 Å². The van der Waals surface area contributed by atoms with Gasteiger partial charge in [0.05, 0.1) is 5.56 Å². The molecule has 0 fully saturated rings. The predicted octanol–water partition coefficient (Wildman–Crippen LogP) is 2.66. The molecule has 0 heterocycles. The average molecular weight is 379 g/mol. The van der Waals surface area contributed by atoms with Crippen molar-refractivity contribution < 1.29 is 19.1 Å². The fraction of sp³-hybridized carbons (Fsp3) is 0.385. The van der Waals surface area contributed by atoms with Crippen molar-refractivity contribution in [2.45, 2.75) is 26.3 Å². The van der Waals surface area contributed by atoms with Gasteiger partial charge in [-0.1, -0.05) is 20.3 Å². The molecule has 1 amide bonds. The lowest BCUT2D eigenvalue weighted by atomic mass is 9.99. The van der Waals surface area contributed by atoms with Gasteiger partial charge >= 0.3 is 5.97 Å². The minimum absolute atomic E-state index is 0.181. The van der Waals surface area contributed by atoms with E-state index in [9.17, 15) is 14.0 Å². The van der Waals surface area contributed by atoms with E-state index >= 15 is 0 Å². The molecule has 0 bridgehead atoms. The van der Waals surface area contributed by atoms with E-state index < -0.39 is 23.7 Å². The van der Waals surface area contributed by atoms with E-state index in [0.29, 0.717) is 9.99 Å². The van der Waals surface area contributed by atoms with Crippen LogP contribution in [-0.2, 0) is 4.79 Å². The molecule has 2 unspecified atom stereocenters. The van der Waals surface area contributed by atoms with Crippen molar-refractivity contribution in [3.8, 4) is 0 Å². The zero-order valence-corrected chi connectivity index (χ0v) is 12.8. The first-order chi connectivity index (χ1) is 8.86. The predicted molar refractivity (Wildman–Crippen MR) is 77.5 cm³/mol. The standard InChI is InChI=1S/C13H15FINO3/c1-3-7(2)11(13(18)19)16-12(17)9-5-4-8(14)6-10(9)15/h4-7,11H,3H2,1-2H3,(H,16,17)(H,18,19). The molecule has 0 saturated heterocycles. The smallest absolute Gasteiger partial charge is 0.326 e. The molecule has 19 heavy (non-hydrogen) atoms. The number of hydrogen-bond donors (Lipinski definition) is 2. The molecule has 0 aliphatic rings. The summed E-state index contributed by atoms with van der Waals surface area (Å²) >= 11 is 1.84. The normalized spacial score (nSPS) is 13.7. The maximum Gasteiger partial charge on any atom is 0.326 e. The molecule has 0 aliphatic heterocycles. The SMILES string of the molecule is CCC(C)C(NC(=O)c1ccc(F)cc1I)C(=O)O. The van der Waals surface area contributed by atoms with Gasteiger partial charge < -0.3 is 10.4 Å². The Labute approximate surface area is 124 Å². The number of hydrogen-bond acceptors (Lipinski definition) is 2. The van der Waals surface area contributed by atoms with Gasteiger partial charge in [0.2, 0.25) is 0 Å². The van der Waals surface area contributed by atoms with Crippen molar-refractivity contribution in [2.24, 2.45) is 5.92 Å². The lowest BCUT2D eigenvalue weighted by Gasteiger charge is -2.20. The summed E-state index contributed by atoms with van der Waals surface area (Å²) in [5.74, 6) is -2.19. The van der Waals surface area contributed by atoms with Crippen LogP contribution in [0.1, 0.15) is 30.6 Å². The molecule has 0 spiro atoms. The van der Waals surface area contributed by atoms with Gasteiger partial charge in [-0.3, -0.25) is 4.79 Å². The minimum atomic E-state index is -1.07.